The van der Waals surface area contributed by atoms with Gasteiger partial charge in [0.25, 0.3) is 11.8 Å². The first-order chi connectivity index (χ1) is 18.7. The minimum atomic E-state index is -0.956. The van der Waals surface area contributed by atoms with Gasteiger partial charge in [0.2, 0.25) is 5.91 Å². The predicted molar refractivity (Wildman–Crippen MR) is 147 cm³/mol. The molecule has 1 heterocycles. The number of benzene rings is 3. The van der Waals surface area contributed by atoms with Gasteiger partial charge in [-0.25, -0.2) is 0 Å². The molecule has 0 radical (unpaired) electrons. The Morgan fingerprint density at radius 1 is 0.846 bits per heavy atom. The monoisotopic (exact) mass is 593 g/mol. The second kappa shape index (κ2) is 12.6. The van der Waals surface area contributed by atoms with E-state index >= 15 is 0 Å². The molecule has 1 fully saturated rings. The summed E-state index contributed by atoms with van der Waals surface area (Å²) in [6.07, 6.45) is 0.601. The highest BCUT2D eigenvalue weighted by molar-refractivity contribution is 9.10. The van der Waals surface area contributed by atoms with E-state index in [0.717, 1.165) is 10.0 Å². The summed E-state index contributed by atoms with van der Waals surface area (Å²) in [6.45, 7) is 0.137. The van der Waals surface area contributed by atoms with Crippen LogP contribution in [0.25, 0.3) is 0 Å². The van der Waals surface area contributed by atoms with Gasteiger partial charge in [-0.05, 0) is 66.6 Å². The largest absolute Gasteiger partial charge is 0.508 e. The number of hydrogen-bond donors (Lipinski definition) is 3. The Morgan fingerprint density at radius 2 is 1.46 bits per heavy atom. The van der Waals surface area contributed by atoms with E-state index < -0.39 is 17.9 Å². The number of nitrogens with zero attached hydrogens (tertiary/aromatic N) is 2. The van der Waals surface area contributed by atoms with Crippen LogP contribution < -0.4 is 5.32 Å². The van der Waals surface area contributed by atoms with E-state index in [-0.39, 0.29) is 55.8 Å². The van der Waals surface area contributed by atoms with Crippen LogP contribution in [0.15, 0.2) is 77.3 Å². The molecule has 0 aliphatic carbocycles. The molecular weight excluding hydrogens is 566 g/mol. The zero-order valence-corrected chi connectivity index (χ0v) is 22.6. The lowest BCUT2D eigenvalue weighted by atomic mass is 10.0. The third kappa shape index (κ3) is 7.44. The van der Waals surface area contributed by atoms with E-state index in [1.54, 1.807) is 36.4 Å². The minimum absolute atomic E-state index is 0.0401. The van der Waals surface area contributed by atoms with Crippen LogP contribution in [0.2, 0.25) is 0 Å². The number of carbonyl (C=O) groups is 4. The van der Waals surface area contributed by atoms with E-state index in [0.29, 0.717) is 17.5 Å². The summed E-state index contributed by atoms with van der Waals surface area (Å²) in [5.41, 5.74) is 1.46. The van der Waals surface area contributed by atoms with Gasteiger partial charge in [0, 0.05) is 35.1 Å². The first-order valence-electron chi connectivity index (χ1n) is 12.4. The smallest absolute Gasteiger partial charge is 0.254 e. The Kier molecular flexibility index (Phi) is 8.98. The summed E-state index contributed by atoms with van der Waals surface area (Å²) in [7, 11) is 0. The maximum Gasteiger partial charge on any atom is 0.254 e. The molecule has 4 rings (SSSR count). The summed E-state index contributed by atoms with van der Waals surface area (Å²) in [5, 5.41) is 21.9. The van der Waals surface area contributed by atoms with Crippen molar-refractivity contribution in [2.75, 3.05) is 26.2 Å². The lowest BCUT2D eigenvalue weighted by Gasteiger charge is -2.32. The Hall–Kier alpha value is -4.18. The average molecular weight is 594 g/mol. The van der Waals surface area contributed by atoms with Gasteiger partial charge in [0.1, 0.15) is 17.5 Å². The highest BCUT2D eigenvalue weighted by Crippen LogP contribution is 2.17. The molecule has 3 N–H and O–H groups in total. The molecule has 39 heavy (non-hydrogen) atoms. The summed E-state index contributed by atoms with van der Waals surface area (Å²) in [4.78, 5) is 55.4. The first kappa shape index (κ1) is 27.8. The molecule has 202 valence electrons. The van der Waals surface area contributed by atoms with Gasteiger partial charge in [0.05, 0.1) is 13.1 Å². The Morgan fingerprint density at radius 3 is 2.13 bits per heavy atom. The lowest BCUT2D eigenvalue weighted by Crippen LogP contribution is -2.53. The van der Waals surface area contributed by atoms with E-state index in [2.05, 4.69) is 21.2 Å². The van der Waals surface area contributed by atoms with Crippen LogP contribution in [-0.2, 0) is 16.0 Å². The molecule has 3 amide bonds. The molecule has 0 spiro atoms. The predicted octanol–water partition coefficient (Wildman–Crippen LogP) is 3.15. The van der Waals surface area contributed by atoms with Crippen molar-refractivity contribution < 1.29 is 29.4 Å². The van der Waals surface area contributed by atoms with Crippen LogP contribution in [-0.4, -0.2) is 75.7 Å². The van der Waals surface area contributed by atoms with Gasteiger partial charge in [-0.1, -0.05) is 34.1 Å². The quantitative estimate of drug-likeness (QED) is 0.403. The topological polar surface area (TPSA) is 127 Å². The Labute approximate surface area is 234 Å². The zero-order chi connectivity index (χ0) is 27.9. The third-order valence-electron chi connectivity index (χ3n) is 6.37. The number of hydrogen-bond acceptors (Lipinski definition) is 6. The molecule has 1 saturated heterocycles. The fourth-order valence-electron chi connectivity index (χ4n) is 4.39. The number of rotatable bonds is 6. The third-order valence-corrected chi connectivity index (χ3v) is 6.86. The van der Waals surface area contributed by atoms with Crippen molar-refractivity contribution in [3.8, 4) is 11.5 Å². The molecule has 3 aromatic rings. The molecule has 1 aliphatic heterocycles. The average Bonchev–Trinajstić information content (AvgIpc) is 2.91. The number of ketones is 1. The molecule has 0 saturated carbocycles. The van der Waals surface area contributed by atoms with Crippen molar-refractivity contribution in [2.24, 2.45) is 0 Å². The van der Waals surface area contributed by atoms with E-state index in [9.17, 15) is 29.4 Å². The summed E-state index contributed by atoms with van der Waals surface area (Å²) in [5.74, 6) is -1.35. The second-order valence-corrected chi connectivity index (χ2v) is 10.2. The number of nitrogens with one attached hydrogen (secondary N) is 1. The van der Waals surface area contributed by atoms with Crippen molar-refractivity contribution in [1.29, 1.82) is 0 Å². The Balaban J connectivity index is 1.48. The molecular formula is C29H28BrN3O6. The van der Waals surface area contributed by atoms with E-state index in [1.165, 1.54) is 46.2 Å². The molecule has 0 aromatic heterocycles. The molecule has 3 aromatic carbocycles. The van der Waals surface area contributed by atoms with Gasteiger partial charge in [-0.2, -0.15) is 0 Å². The van der Waals surface area contributed by atoms with Crippen LogP contribution in [0.3, 0.4) is 0 Å². The normalized spacial score (nSPS) is 14.7. The van der Waals surface area contributed by atoms with Crippen LogP contribution in [0.1, 0.15) is 32.7 Å². The highest BCUT2D eigenvalue weighted by Gasteiger charge is 2.30. The second-order valence-electron chi connectivity index (χ2n) is 9.33. The molecule has 1 aliphatic rings. The number of phenolic OH excluding ortho intramolecular Hbond substituents is 2. The van der Waals surface area contributed by atoms with Gasteiger partial charge in [-0.15, -0.1) is 0 Å². The molecule has 1 atom stereocenters. The van der Waals surface area contributed by atoms with Gasteiger partial charge in [-0.3, -0.25) is 19.2 Å². The standard InChI is InChI=1S/C29H28BrN3O6/c30-22-4-1-3-21(16-22)27(37)31-26(15-19-5-9-23(34)10-6-19)29(39)33-14-2-13-32(17-25(36)18-33)28(38)20-7-11-24(35)12-8-20/h1,3-12,16,26,34-35H,2,13-15,17-18H2,(H,31,37)/t26-/m0/s1. The van der Waals surface area contributed by atoms with Gasteiger partial charge in [0.15, 0.2) is 5.78 Å². The number of phenols is 2. The summed E-state index contributed by atoms with van der Waals surface area (Å²) in [6, 6.07) is 18.0. The number of Topliss-reactive ketones (excluding diaryl/α,β-unsaturated/α-hetero) is 1. The van der Waals surface area contributed by atoms with Crippen LogP contribution in [0, 0.1) is 0 Å². The molecule has 10 heteroatoms. The lowest BCUT2D eigenvalue weighted by molar-refractivity contribution is -0.137. The van der Waals surface area contributed by atoms with Crippen LogP contribution in [0.5, 0.6) is 11.5 Å². The first-order valence-corrected chi connectivity index (χ1v) is 13.2. The minimum Gasteiger partial charge on any atom is -0.508 e. The van der Waals surface area contributed by atoms with Crippen molar-refractivity contribution in [2.45, 2.75) is 18.9 Å². The number of aromatic hydroxyl groups is 2. The number of halogens is 1. The fraction of sp³-hybridized carbons (Fsp3) is 0.241. The molecule has 9 nitrogen and oxygen atoms in total. The van der Waals surface area contributed by atoms with Crippen molar-refractivity contribution >= 4 is 39.4 Å². The van der Waals surface area contributed by atoms with Crippen molar-refractivity contribution in [3.05, 3.63) is 94.0 Å². The van der Waals surface area contributed by atoms with Gasteiger partial charge < -0.3 is 25.3 Å². The zero-order valence-electron chi connectivity index (χ0n) is 21.0. The maximum atomic E-state index is 13.7. The number of carbonyl (C=O) groups excluding carboxylic acids is 4. The van der Waals surface area contributed by atoms with Crippen LogP contribution >= 0.6 is 15.9 Å². The van der Waals surface area contributed by atoms with Gasteiger partial charge >= 0.3 is 0 Å². The van der Waals surface area contributed by atoms with E-state index in [1.807, 2.05) is 0 Å². The fourth-order valence-corrected chi connectivity index (χ4v) is 4.79. The van der Waals surface area contributed by atoms with Crippen molar-refractivity contribution in [1.82, 2.24) is 15.1 Å². The molecule has 0 unspecified atom stereocenters. The number of amides is 3. The highest BCUT2D eigenvalue weighted by atomic mass is 79.9. The van der Waals surface area contributed by atoms with Crippen LogP contribution in [0.4, 0.5) is 0 Å². The Bertz CT molecular complexity index is 1360. The molecule has 0 bridgehead atoms. The van der Waals surface area contributed by atoms with E-state index in [4.69, 9.17) is 0 Å². The SMILES string of the molecule is O=C1CN(C(=O)c2ccc(O)cc2)CCCN(C(=O)[C@H](Cc2ccc(O)cc2)NC(=O)c2cccc(Br)c2)C1. The summed E-state index contributed by atoms with van der Waals surface area (Å²) >= 11 is 3.35. The summed E-state index contributed by atoms with van der Waals surface area (Å²) < 4.78 is 0.720. The maximum absolute atomic E-state index is 13.7. The van der Waals surface area contributed by atoms with Crippen molar-refractivity contribution in [3.63, 3.8) is 0 Å².